The number of carbonyl (C=O) groups excluding carboxylic acids is 1. The summed E-state index contributed by atoms with van der Waals surface area (Å²) >= 11 is 5.88. The van der Waals surface area contributed by atoms with Gasteiger partial charge in [0.2, 0.25) is 5.88 Å². The molecule has 1 aliphatic rings. The maximum atomic E-state index is 12.6. The molecule has 0 saturated carbocycles. The van der Waals surface area contributed by atoms with Crippen molar-refractivity contribution in [2.45, 2.75) is 38.5 Å². The summed E-state index contributed by atoms with van der Waals surface area (Å²) in [5, 5.41) is 4.81. The highest BCUT2D eigenvalue weighted by molar-refractivity contribution is 6.30. The second kappa shape index (κ2) is 6.85. The third-order valence-corrected chi connectivity index (χ3v) is 4.87. The monoisotopic (exact) mass is 347 g/mol. The summed E-state index contributed by atoms with van der Waals surface area (Å²) in [7, 11) is 0. The highest BCUT2D eigenvalue weighted by atomic mass is 35.5. The van der Waals surface area contributed by atoms with Gasteiger partial charge in [-0.3, -0.25) is 4.79 Å². The number of nitrogens with two attached hydrogens (primary N) is 1. The second-order valence-corrected chi connectivity index (χ2v) is 7.01. The Hall–Kier alpha value is -2.01. The number of amides is 1. The van der Waals surface area contributed by atoms with Crippen LogP contribution in [0.2, 0.25) is 5.02 Å². The number of benzene rings is 1. The van der Waals surface area contributed by atoms with Crippen LogP contribution in [0.15, 0.2) is 28.8 Å². The number of carbonyl (C=O) groups is 1. The molecule has 1 aromatic heterocycles. The molecule has 0 aliphatic carbocycles. The minimum atomic E-state index is 0.0499. The molecule has 1 aromatic carbocycles. The minimum Gasteiger partial charge on any atom is -0.367 e. The normalized spacial score (nSPS) is 15.9. The number of hydrogen-bond donors (Lipinski definition) is 1. The Kier molecular flexibility index (Phi) is 4.81. The van der Waals surface area contributed by atoms with E-state index in [1.165, 1.54) is 0 Å². The third-order valence-electron chi connectivity index (χ3n) is 4.62. The fraction of sp³-hybridized carbons (Fsp3) is 0.444. The van der Waals surface area contributed by atoms with Crippen LogP contribution in [0.1, 0.15) is 60.1 Å². The molecule has 6 heteroatoms. The summed E-state index contributed by atoms with van der Waals surface area (Å²) in [6, 6.07) is 7.03. The molecular weight excluding hydrogens is 326 g/mol. The largest absolute Gasteiger partial charge is 0.367 e. The molecule has 1 saturated heterocycles. The van der Waals surface area contributed by atoms with Gasteiger partial charge in [-0.1, -0.05) is 30.6 Å². The first-order valence-electron chi connectivity index (χ1n) is 8.27. The zero-order chi connectivity index (χ0) is 17.3. The molecule has 3 rings (SSSR count). The van der Waals surface area contributed by atoms with Crippen LogP contribution in [0.3, 0.4) is 0 Å². The van der Waals surface area contributed by atoms with Crippen molar-refractivity contribution >= 4 is 23.4 Å². The SMILES string of the molecule is CC(C)c1c(C2CCN(C(=O)c3ccc(Cl)cc3)CC2)noc1N. The maximum Gasteiger partial charge on any atom is 0.253 e. The standard InChI is InChI=1S/C18H22ClN3O2/c1-11(2)15-16(21-24-17(15)20)12-7-9-22(10-8-12)18(23)13-3-5-14(19)6-4-13/h3-6,11-12H,7-10,20H2,1-2H3. The van der Waals surface area contributed by atoms with Crippen LogP contribution in [0.5, 0.6) is 0 Å². The highest BCUT2D eigenvalue weighted by Crippen LogP contribution is 2.36. The number of likely N-dealkylation sites (tertiary alicyclic amines) is 1. The molecule has 0 spiro atoms. The quantitative estimate of drug-likeness (QED) is 0.908. The Morgan fingerprint density at radius 2 is 1.92 bits per heavy atom. The number of nitrogens with zero attached hydrogens (tertiary/aromatic N) is 2. The average molecular weight is 348 g/mol. The number of aromatic nitrogens is 1. The minimum absolute atomic E-state index is 0.0499. The van der Waals surface area contributed by atoms with E-state index in [0.29, 0.717) is 29.6 Å². The first-order chi connectivity index (χ1) is 11.5. The fourth-order valence-corrected chi connectivity index (χ4v) is 3.45. The van der Waals surface area contributed by atoms with Crippen LogP contribution < -0.4 is 5.73 Å². The van der Waals surface area contributed by atoms with Gasteiger partial charge in [0.05, 0.1) is 5.69 Å². The zero-order valence-corrected chi connectivity index (χ0v) is 14.7. The summed E-state index contributed by atoms with van der Waals surface area (Å²) < 4.78 is 5.20. The molecule has 2 heterocycles. The van der Waals surface area contributed by atoms with E-state index in [-0.39, 0.29) is 17.7 Å². The van der Waals surface area contributed by atoms with E-state index in [4.69, 9.17) is 21.9 Å². The Bertz CT molecular complexity index is 716. The lowest BCUT2D eigenvalue weighted by Crippen LogP contribution is -2.38. The molecule has 1 fully saturated rings. The first-order valence-corrected chi connectivity index (χ1v) is 8.65. The molecule has 128 valence electrons. The Morgan fingerprint density at radius 3 is 2.50 bits per heavy atom. The van der Waals surface area contributed by atoms with Crippen LogP contribution in [-0.4, -0.2) is 29.1 Å². The number of rotatable bonds is 3. The molecule has 2 aromatic rings. The van der Waals surface area contributed by atoms with Crippen molar-refractivity contribution in [2.75, 3.05) is 18.8 Å². The van der Waals surface area contributed by atoms with Gasteiger partial charge < -0.3 is 15.2 Å². The summed E-state index contributed by atoms with van der Waals surface area (Å²) in [5.74, 6) is 1.03. The smallest absolute Gasteiger partial charge is 0.253 e. The number of halogens is 1. The average Bonchev–Trinajstić information content (AvgIpc) is 2.97. The van der Waals surface area contributed by atoms with Crippen molar-refractivity contribution in [2.24, 2.45) is 0 Å². The van der Waals surface area contributed by atoms with E-state index < -0.39 is 0 Å². The molecule has 0 atom stereocenters. The molecule has 1 aliphatic heterocycles. The number of piperidine rings is 1. The van der Waals surface area contributed by atoms with Crippen LogP contribution in [0, 0.1) is 0 Å². The number of nitrogen functional groups attached to an aromatic ring is 1. The molecule has 1 amide bonds. The molecule has 0 unspecified atom stereocenters. The van der Waals surface area contributed by atoms with Gasteiger partial charge in [0, 0.05) is 35.2 Å². The van der Waals surface area contributed by atoms with Gasteiger partial charge in [0.1, 0.15) is 0 Å². The topological polar surface area (TPSA) is 72.4 Å². The highest BCUT2D eigenvalue weighted by Gasteiger charge is 2.29. The van der Waals surface area contributed by atoms with E-state index in [0.717, 1.165) is 24.1 Å². The summed E-state index contributed by atoms with van der Waals surface area (Å²) in [6.07, 6.45) is 1.73. The maximum absolute atomic E-state index is 12.6. The Morgan fingerprint density at radius 1 is 1.29 bits per heavy atom. The van der Waals surface area contributed by atoms with Gasteiger partial charge in [0.25, 0.3) is 5.91 Å². The molecule has 0 bridgehead atoms. The van der Waals surface area contributed by atoms with Crippen molar-refractivity contribution in [1.82, 2.24) is 10.1 Å². The van der Waals surface area contributed by atoms with Crippen molar-refractivity contribution in [3.63, 3.8) is 0 Å². The summed E-state index contributed by atoms with van der Waals surface area (Å²) in [4.78, 5) is 14.4. The predicted molar refractivity (Wildman–Crippen MR) is 94.3 cm³/mol. The van der Waals surface area contributed by atoms with Gasteiger partial charge in [-0.2, -0.15) is 0 Å². The van der Waals surface area contributed by atoms with E-state index in [1.807, 2.05) is 4.90 Å². The second-order valence-electron chi connectivity index (χ2n) is 6.57. The molecule has 5 nitrogen and oxygen atoms in total. The first kappa shape index (κ1) is 16.8. The molecule has 24 heavy (non-hydrogen) atoms. The predicted octanol–water partition coefficient (Wildman–Crippen LogP) is 4.05. The van der Waals surface area contributed by atoms with E-state index in [1.54, 1.807) is 24.3 Å². The summed E-state index contributed by atoms with van der Waals surface area (Å²) in [5.41, 5.74) is 8.55. The zero-order valence-electron chi connectivity index (χ0n) is 14.0. The van der Waals surface area contributed by atoms with Gasteiger partial charge in [-0.05, 0) is 43.0 Å². The number of anilines is 1. The van der Waals surface area contributed by atoms with E-state index >= 15 is 0 Å². The van der Waals surface area contributed by atoms with Gasteiger partial charge in [-0.25, -0.2) is 0 Å². The van der Waals surface area contributed by atoms with Gasteiger partial charge in [-0.15, -0.1) is 0 Å². The molecular formula is C18H22ClN3O2. The van der Waals surface area contributed by atoms with Crippen LogP contribution in [0.25, 0.3) is 0 Å². The third kappa shape index (κ3) is 3.26. The Balaban J connectivity index is 1.68. The summed E-state index contributed by atoms with van der Waals surface area (Å²) in [6.45, 7) is 5.59. The lowest BCUT2D eigenvalue weighted by molar-refractivity contribution is 0.0711. The lowest BCUT2D eigenvalue weighted by atomic mass is 9.88. The van der Waals surface area contributed by atoms with E-state index in [9.17, 15) is 4.79 Å². The molecule has 2 N–H and O–H groups in total. The fourth-order valence-electron chi connectivity index (χ4n) is 3.33. The molecule has 0 radical (unpaired) electrons. The van der Waals surface area contributed by atoms with Crippen LogP contribution in [-0.2, 0) is 0 Å². The van der Waals surface area contributed by atoms with E-state index in [2.05, 4.69) is 19.0 Å². The van der Waals surface area contributed by atoms with Crippen molar-refractivity contribution in [1.29, 1.82) is 0 Å². The lowest BCUT2D eigenvalue weighted by Gasteiger charge is -2.31. The van der Waals surface area contributed by atoms with Gasteiger partial charge >= 0.3 is 0 Å². The van der Waals surface area contributed by atoms with Crippen LogP contribution >= 0.6 is 11.6 Å². The number of hydrogen-bond acceptors (Lipinski definition) is 4. The van der Waals surface area contributed by atoms with Crippen molar-refractivity contribution in [3.8, 4) is 0 Å². The van der Waals surface area contributed by atoms with Crippen LogP contribution in [0.4, 0.5) is 5.88 Å². The van der Waals surface area contributed by atoms with Gasteiger partial charge in [0.15, 0.2) is 0 Å². The Labute approximate surface area is 146 Å². The van der Waals surface area contributed by atoms with Crippen molar-refractivity contribution in [3.05, 3.63) is 46.1 Å². The van der Waals surface area contributed by atoms with Crippen molar-refractivity contribution < 1.29 is 9.32 Å².